The molecule has 0 saturated heterocycles. The Balaban J connectivity index is 1.74. The number of nitrogens with one attached hydrogen (secondary N) is 4. The summed E-state index contributed by atoms with van der Waals surface area (Å²) in [6, 6.07) is 10.7. The minimum atomic E-state index is -4.45. The van der Waals surface area contributed by atoms with E-state index in [1.54, 1.807) is 24.3 Å². The zero-order chi connectivity index (χ0) is 24.9. The number of anilines is 2. The summed E-state index contributed by atoms with van der Waals surface area (Å²) in [7, 11) is 0. The molecule has 0 radical (unpaired) electrons. The van der Waals surface area contributed by atoms with Gasteiger partial charge < -0.3 is 21.1 Å². The number of amidine groups is 1. The van der Waals surface area contributed by atoms with Crippen molar-refractivity contribution >= 4 is 29.2 Å². The second kappa shape index (κ2) is 10.3. The molecule has 1 aromatic heterocycles. The second-order valence-corrected chi connectivity index (χ2v) is 7.85. The van der Waals surface area contributed by atoms with Gasteiger partial charge in [-0.2, -0.15) is 18.2 Å². The number of hydrogen-bond donors (Lipinski definition) is 5. The van der Waals surface area contributed by atoms with Gasteiger partial charge in [0.1, 0.15) is 11.6 Å². The highest BCUT2D eigenvalue weighted by atomic mass is 32.2. The third-order valence-electron chi connectivity index (χ3n) is 4.52. The topological polar surface area (TPSA) is 125 Å². The molecule has 3 aromatic rings. The fourth-order valence-corrected chi connectivity index (χ4v) is 3.08. The SMILES string of the molecule is C=C(NC(=CC(=N)N)Oc1ccc(-c2nc(Nc3cccc(C(F)(F)F)c3C)n[nH]2)cc1)SC. The highest BCUT2D eigenvalue weighted by molar-refractivity contribution is 8.02. The lowest BCUT2D eigenvalue weighted by atomic mass is 10.1. The van der Waals surface area contributed by atoms with Crippen LogP contribution < -0.4 is 21.1 Å². The first-order valence-electron chi connectivity index (χ1n) is 9.77. The van der Waals surface area contributed by atoms with E-state index in [-0.39, 0.29) is 28.9 Å². The Morgan fingerprint density at radius 1 is 1.24 bits per heavy atom. The molecular formula is C22H22F3N7OS. The Hall–Kier alpha value is -3.93. The molecule has 8 nitrogen and oxygen atoms in total. The van der Waals surface area contributed by atoms with Crippen LogP contribution in [0.25, 0.3) is 11.4 Å². The number of aromatic nitrogens is 3. The van der Waals surface area contributed by atoms with Crippen LogP contribution in [0, 0.1) is 12.3 Å². The number of nitrogens with zero attached hydrogens (tertiary/aromatic N) is 2. The van der Waals surface area contributed by atoms with Crippen LogP contribution in [0.2, 0.25) is 0 Å². The summed E-state index contributed by atoms with van der Waals surface area (Å²) in [5.41, 5.74) is 5.69. The Bertz CT molecular complexity index is 1220. The first-order chi connectivity index (χ1) is 16.1. The van der Waals surface area contributed by atoms with Crippen molar-refractivity contribution in [2.75, 3.05) is 11.6 Å². The van der Waals surface area contributed by atoms with Crippen molar-refractivity contribution < 1.29 is 17.9 Å². The fourth-order valence-electron chi connectivity index (χ4n) is 2.87. The van der Waals surface area contributed by atoms with Crippen LogP contribution in [0.3, 0.4) is 0 Å². The molecular weight excluding hydrogens is 467 g/mol. The number of nitrogens with two attached hydrogens (primary N) is 1. The summed E-state index contributed by atoms with van der Waals surface area (Å²) < 4.78 is 45.2. The molecule has 0 bridgehead atoms. The molecule has 0 spiro atoms. The van der Waals surface area contributed by atoms with Gasteiger partial charge in [-0.1, -0.05) is 12.6 Å². The van der Waals surface area contributed by atoms with Crippen LogP contribution in [0.15, 0.2) is 66.0 Å². The maximum absolute atomic E-state index is 13.1. The predicted octanol–water partition coefficient (Wildman–Crippen LogP) is 5.12. The molecule has 3 rings (SSSR count). The van der Waals surface area contributed by atoms with Crippen LogP contribution in [0.4, 0.5) is 24.8 Å². The molecule has 6 N–H and O–H groups in total. The standard InChI is InChI=1S/C22H22F3N7OS/c1-12-16(22(23,24)25)5-4-6-17(12)29-21-30-20(31-32-21)14-7-9-15(10-8-14)33-19(11-18(26)27)28-13(2)34-3/h4-11,28H,2H2,1,3H3,(H3,26,27)(H2,29,30,31,32). The van der Waals surface area contributed by atoms with Gasteiger partial charge in [-0.3, -0.25) is 10.5 Å². The number of halogens is 3. The minimum absolute atomic E-state index is 0.0510. The fraction of sp³-hybridized carbons (Fsp3) is 0.136. The molecule has 34 heavy (non-hydrogen) atoms. The van der Waals surface area contributed by atoms with Gasteiger partial charge in [-0.05, 0) is 55.1 Å². The lowest BCUT2D eigenvalue weighted by Gasteiger charge is -2.13. The van der Waals surface area contributed by atoms with Crippen molar-refractivity contribution in [2.45, 2.75) is 13.1 Å². The molecule has 1 heterocycles. The normalized spacial score (nSPS) is 11.7. The summed E-state index contributed by atoms with van der Waals surface area (Å²) >= 11 is 1.38. The van der Waals surface area contributed by atoms with Gasteiger partial charge in [0.05, 0.1) is 10.6 Å². The van der Waals surface area contributed by atoms with Gasteiger partial charge in [-0.25, -0.2) is 0 Å². The molecule has 0 amide bonds. The monoisotopic (exact) mass is 489 g/mol. The van der Waals surface area contributed by atoms with Crippen molar-refractivity contribution in [3.63, 3.8) is 0 Å². The molecule has 0 aliphatic heterocycles. The molecule has 12 heteroatoms. The average Bonchev–Trinajstić information content (AvgIpc) is 3.23. The molecule has 0 unspecified atom stereocenters. The zero-order valence-corrected chi connectivity index (χ0v) is 19.1. The van der Waals surface area contributed by atoms with Crippen LogP contribution in [0.5, 0.6) is 5.75 Å². The smallest absolute Gasteiger partial charge is 0.416 e. The number of ether oxygens (including phenoxy) is 1. The van der Waals surface area contributed by atoms with Crippen LogP contribution in [-0.4, -0.2) is 27.3 Å². The summed E-state index contributed by atoms with van der Waals surface area (Å²) in [4.78, 5) is 4.31. The van der Waals surface area contributed by atoms with Crippen LogP contribution >= 0.6 is 11.8 Å². The van der Waals surface area contributed by atoms with Crippen molar-refractivity contribution in [1.82, 2.24) is 20.5 Å². The summed E-state index contributed by atoms with van der Waals surface area (Å²) in [6.45, 7) is 5.19. The molecule has 0 saturated carbocycles. The van der Waals surface area contributed by atoms with E-state index in [1.807, 2.05) is 6.26 Å². The van der Waals surface area contributed by atoms with Crippen molar-refractivity contribution in [3.8, 4) is 17.1 Å². The maximum Gasteiger partial charge on any atom is 0.416 e. The Morgan fingerprint density at radius 2 is 1.94 bits per heavy atom. The Kier molecular flexibility index (Phi) is 7.51. The molecule has 178 valence electrons. The van der Waals surface area contributed by atoms with Crippen LogP contribution in [-0.2, 0) is 6.18 Å². The van der Waals surface area contributed by atoms with E-state index in [1.165, 1.54) is 36.9 Å². The van der Waals surface area contributed by atoms with E-state index >= 15 is 0 Å². The minimum Gasteiger partial charge on any atom is -0.441 e. The van der Waals surface area contributed by atoms with E-state index in [0.717, 1.165) is 6.07 Å². The molecule has 0 aliphatic carbocycles. The van der Waals surface area contributed by atoms with Crippen LogP contribution in [0.1, 0.15) is 11.1 Å². The highest BCUT2D eigenvalue weighted by Gasteiger charge is 2.33. The molecule has 0 fully saturated rings. The van der Waals surface area contributed by atoms with E-state index in [4.69, 9.17) is 15.9 Å². The number of benzene rings is 2. The van der Waals surface area contributed by atoms with E-state index in [9.17, 15) is 13.2 Å². The molecule has 0 aliphatic rings. The van der Waals surface area contributed by atoms with Crippen molar-refractivity contribution in [3.05, 3.63) is 77.2 Å². The Labute approximate surface area is 198 Å². The van der Waals surface area contributed by atoms with Crippen molar-refractivity contribution in [2.24, 2.45) is 5.73 Å². The van der Waals surface area contributed by atoms with Gasteiger partial charge in [0.25, 0.3) is 0 Å². The van der Waals surface area contributed by atoms with Crippen molar-refractivity contribution in [1.29, 1.82) is 5.41 Å². The summed E-state index contributed by atoms with van der Waals surface area (Å²) in [5.74, 6) is 1.05. The maximum atomic E-state index is 13.1. The molecule has 0 atom stereocenters. The third-order valence-corrected chi connectivity index (χ3v) is 5.12. The number of hydrogen-bond acceptors (Lipinski definition) is 7. The third kappa shape index (κ3) is 6.32. The summed E-state index contributed by atoms with van der Waals surface area (Å²) in [5, 5.41) is 20.6. The quantitative estimate of drug-likeness (QED) is 0.160. The van der Waals surface area contributed by atoms with Gasteiger partial charge in [0.15, 0.2) is 5.82 Å². The molecule has 2 aromatic carbocycles. The summed E-state index contributed by atoms with van der Waals surface area (Å²) in [6.07, 6.45) is -1.29. The number of aromatic amines is 1. The Morgan fingerprint density at radius 3 is 2.56 bits per heavy atom. The average molecular weight is 490 g/mol. The number of alkyl halides is 3. The van der Waals surface area contributed by atoms with Gasteiger partial charge in [-0.15, -0.1) is 16.9 Å². The highest BCUT2D eigenvalue weighted by Crippen LogP contribution is 2.35. The number of thioether (sulfide) groups is 1. The van der Waals surface area contributed by atoms with Gasteiger partial charge in [0, 0.05) is 17.3 Å². The van der Waals surface area contributed by atoms with Gasteiger partial charge in [0.2, 0.25) is 11.8 Å². The zero-order valence-electron chi connectivity index (χ0n) is 18.2. The second-order valence-electron chi connectivity index (χ2n) is 6.95. The van der Waals surface area contributed by atoms with Gasteiger partial charge >= 0.3 is 6.18 Å². The number of rotatable bonds is 9. The lowest BCUT2D eigenvalue weighted by Crippen LogP contribution is -2.19. The van der Waals surface area contributed by atoms with E-state index in [0.29, 0.717) is 22.2 Å². The lowest BCUT2D eigenvalue weighted by molar-refractivity contribution is -0.138. The predicted molar refractivity (Wildman–Crippen MR) is 128 cm³/mol. The largest absolute Gasteiger partial charge is 0.441 e. The first kappa shape index (κ1) is 24.7. The number of H-pyrrole nitrogens is 1. The van der Waals surface area contributed by atoms with E-state index in [2.05, 4.69) is 32.4 Å². The first-order valence-corrected chi connectivity index (χ1v) is 11.0. The van der Waals surface area contributed by atoms with E-state index < -0.39 is 11.7 Å².